The second-order valence-corrected chi connectivity index (χ2v) is 5.22. The predicted molar refractivity (Wildman–Crippen MR) is 59.4 cm³/mol. The number of hydrogen-bond acceptors (Lipinski definition) is 4. The fraction of sp³-hybridized carbons (Fsp3) is 0. The Kier molecular flexibility index (Phi) is 2.57. The minimum Gasteiger partial charge on any atom is -0.264 e. The van der Waals surface area contributed by atoms with Gasteiger partial charge in [-0.1, -0.05) is 39.4 Å². The SMILES string of the molecule is O=c1snc(-c2ccc(Br)cc2)s1. The molecule has 0 spiro atoms. The molecule has 0 aliphatic carbocycles. The van der Waals surface area contributed by atoms with Crippen molar-refractivity contribution in [1.82, 2.24) is 4.37 Å². The fourth-order valence-corrected chi connectivity index (χ4v) is 2.60. The second kappa shape index (κ2) is 3.69. The van der Waals surface area contributed by atoms with Crippen LogP contribution in [0, 0.1) is 0 Å². The van der Waals surface area contributed by atoms with Crippen molar-refractivity contribution in [2.75, 3.05) is 0 Å². The summed E-state index contributed by atoms with van der Waals surface area (Å²) in [6, 6.07) is 7.75. The summed E-state index contributed by atoms with van der Waals surface area (Å²) in [4.78, 5) is 10.9. The van der Waals surface area contributed by atoms with Gasteiger partial charge in [0.1, 0.15) is 5.01 Å². The van der Waals surface area contributed by atoms with Gasteiger partial charge in [-0.2, -0.15) is 4.37 Å². The highest BCUT2D eigenvalue weighted by Crippen LogP contribution is 2.22. The average molecular weight is 274 g/mol. The fourth-order valence-electron chi connectivity index (χ4n) is 0.899. The molecule has 0 saturated heterocycles. The van der Waals surface area contributed by atoms with Crippen LogP contribution in [0.1, 0.15) is 0 Å². The van der Waals surface area contributed by atoms with Gasteiger partial charge in [-0.05, 0) is 12.1 Å². The topological polar surface area (TPSA) is 30.0 Å². The quantitative estimate of drug-likeness (QED) is 0.800. The molecule has 13 heavy (non-hydrogen) atoms. The van der Waals surface area contributed by atoms with Gasteiger partial charge in [-0.3, -0.25) is 4.79 Å². The molecule has 0 saturated carbocycles. The molecule has 0 radical (unpaired) electrons. The number of aromatic nitrogens is 1. The summed E-state index contributed by atoms with van der Waals surface area (Å²) in [6.07, 6.45) is 0. The zero-order valence-electron chi connectivity index (χ0n) is 6.36. The monoisotopic (exact) mass is 273 g/mol. The van der Waals surface area contributed by atoms with E-state index in [1.165, 1.54) is 11.3 Å². The highest BCUT2D eigenvalue weighted by molar-refractivity contribution is 9.10. The molecule has 0 aliphatic heterocycles. The first-order valence-corrected chi connectivity index (χ1v) is 5.87. The van der Waals surface area contributed by atoms with Gasteiger partial charge in [0.05, 0.1) is 0 Å². The molecule has 2 rings (SSSR count). The smallest absolute Gasteiger partial charge is 0.264 e. The molecule has 1 aromatic heterocycles. The lowest BCUT2D eigenvalue weighted by atomic mass is 10.2. The highest BCUT2D eigenvalue weighted by atomic mass is 79.9. The van der Waals surface area contributed by atoms with Crippen LogP contribution in [0.25, 0.3) is 10.6 Å². The Morgan fingerprint density at radius 3 is 2.46 bits per heavy atom. The number of halogens is 1. The van der Waals surface area contributed by atoms with Gasteiger partial charge in [0.25, 0.3) is 0 Å². The molecular formula is C8H4BrNOS2. The maximum Gasteiger partial charge on any atom is 0.306 e. The third-order valence-corrected chi connectivity index (χ3v) is 3.70. The predicted octanol–water partition coefficient (Wildman–Crippen LogP) is 2.99. The van der Waals surface area contributed by atoms with Gasteiger partial charge in [0, 0.05) is 21.6 Å². The van der Waals surface area contributed by atoms with Crippen molar-refractivity contribution < 1.29 is 0 Å². The van der Waals surface area contributed by atoms with E-state index < -0.39 is 0 Å². The zero-order chi connectivity index (χ0) is 9.26. The van der Waals surface area contributed by atoms with Crippen LogP contribution in [-0.2, 0) is 0 Å². The summed E-state index contributed by atoms with van der Waals surface area (Å²) in [6.45, 7) is 0. The van der Waals surface area contributed by atoms with E-state index in [9.17, 15) is 4.79 Å². The van der Waals surface area contributed by atoms with Crippen molar-refractivity contribution >= 4 is 38.8 Å². The van der Waals surface area contributed by atoms with E-state index in [2.05, 4.69) is 20.3 Å². The van der Waals surface area contributed by atoms with E-state index >= 15 is 0 Å². The molecule has 0 bridgehead atoms. The molecule has 0 amide bonds. The molecule has 0 aliphatic rings. The molecule has 1 aromatic carbocycles. The van der Waals surface area contributed by atoms with Crippen molar-refractivity contribution in [3.05, 3.63) is 37.6 Å². The highest BCUT2D eigenvalue weighted by Gasteiger charge is 2.02. The largest absolute Gasteiger partial charge is 0.306 e. The van der Waals surface area contributed by atoms with Crippen LogP contribution in [0.2, 0.25) is 0 Å². The van der Waals surface area contributed by atoms with Crippen LogP contribution in [0.4, 0.5) is 0 Å². The molecule has 2 aromatic rings. The molecule has 0 fully saturated rings. The van der Waals surface area contributed by atoms with E-state index in [4.69, 9.17) is 0 Å². The molecule has 2 nitrogen and oxygen atoms in total. The molecule has 0 N–H and O–H groups in total. The molecular weight excluding hydrogens is 270 g/mol. The summed E-state index contributed by atoms with van der Waals surface area (Å²) in [5, 5.41) is 0.794. The minimum atomic E-state index is 0.0397. The average Bonchev–Trinajstić information content (AvgIpc) is 2.53. The Morgan fingerprint density at radius 1 is 1.23 bits per heavy atom. The van der Waals surface area contributed by atoms with Gasteiger partial charge in [-0.25, -0.2) is 0 Å². The Hall–Kier alpha value is -0.520. The van der Waals surface area contributed by atoms with Crippen LogP contribution in [0.15, 0.2) is 33.5 Å². The Morgan fingerprint density at radius 2 is 1.92 bits per heavy atom. The molecule has 0 atom stereocenters. The van der Waals surface area contributed by atoms with Crippen molar-refractivity contribution in [2.45, 2.75) is 0 Å². The van der Waals surface area contributed by atoms with Crippen molar-refractivity contribution in [3.63, 3.8) is 0 Å². The molecule has 5 heteroatoms. The maximum absolute atomic E-state index is 10.9. The summed E-state index contributed by atoms with van der Waals surface area (Å²) in [7, 11) is 0. The summed E-state index contributed by atoms with van der Waals surface area (Å²) in [5.74, 6) is 0. The van der Waals surface area contributed by atoms with Crippen LogP contribution in [0.3, 0.4) is 0 Å². The third-order valence-electron chi connectivity index (χ3n) is 1.47. The minimum absolute atomic E-state index is 0.0397. The first kappa shape index (κ1) is 9.05. The first-order chi connectivity index (χ1) is 6.25. The normalized spacial score (nSPS) is 10.2. The van der Waals surface area contributed by atoms with Gasteiger partial charge in [0.2, 0.25) is 0 Å². The lowest BCUT2D eigenvalue weighted by Gasteiger charge is -1.93. The summed E-state index contributed by atoms with van der Waals surface area (Å²) in [5.41, 5.74) is 0.992. The molecule has 66 valence electrons. The van der Waals surface area contributed by atoms with Gasteiger partial charge in [0.15, 0.2) is 0 Å². The van der Waals surface area contributed by atoms with Gasteiger partial charge >= 0.3 is 4.06 Å². The second-order valence-electron chi connectivity index (χ2n) is 2.35. The number of rotatable bonds is 1. The Labute approximate surface area is 91.2 Å². The van der Waals surface area contributed by atoms with Gasteiger partial charge < -0.3 is 0 Å². The zero-order valence-corrected chi connectivity index (χ0v) is 9.58. The van der Waals surface area contributed by atoms with E-state index in [1.54, 1.807) is 0 Å². The maximum atomic E-state index is 10.9. The Balaban J connectivity index is 2.47. The van der Waals surface area contributed by atoms with Crippen LogP contribution < -0.4 is 4.06 Å². The summed E-state index contributed by atoms with van der Waals surface area (Å²) < 4.78 is 5.11. The lowest BCUT2D eigenvalue weighted by molar-refractivity contribution is 1.56. The molecule has 0 unspecified atom stereocenters. The van der Waals surface area contributed by atoms with E-state index in [-0.39, 0.29) is 4.06 Å². The third kappa shape index (κ3) is 2.04. The van der Waals surface area contributed by atoms with Crippen LogP contribution in [-0.4, -0.2) is 4.37 Å². The number of nitrogens with zero attached hydrogens (tertiary/aromatic N) is 1. The van der Waals surface area contributed by atoms with Crippen molar-refractivity contribution in [2.24, 2.45) is 0 Å². The van der Waals surface area contributed by atoms with Crippen molar-refractivity contribution in [1.29, 1.82) is 0 Å². The summed E-state index contributed by atoms with van der Waals surface area (Å²) >= 11 is 5.53. The number of benzene rings is 1. The lowest BCUT2D eigenvalue weighted by Crippen LogP contribution is -1.75. The number of hydrogen-bond donors (Lipinski definition) is 0. The van der Waals surface area contributed by atoms with Crippen molar-refractivity contribution in [3.8, 4) is 10.6 Å². The van der Waals surface area contributed by atoms with E-state index in [1.807, 2.05) is 24.3 Å². The van der Waals surface area contributed by atoms with Gasteiger partial charge in [-0.15, -0.1) is 0 Å². The molecule has 1 heterocycles. The van der Waals surface area contributed by atoms with E-state index in [0.717, 1.165) is 26.6 Å². The van der Waals surface area contributed by atoms with E-state index in [0.29, 0.717) is 0 Å². The van der Waals surface area contributed by atoms with Crippen LogP contribution >= 0.6 is 38.8 Å². The van der Waals surface area contributed by atoms with Crippen LogP contribution in [0.5, 0.6) is 0 Å². The first-order valence-electron chi connectivity index (χ1n) is 3.48. The standard InChI is InChI=1S/C8H4BrNOS2/c9-6-3-1-5(2-4-6)7-10-13-8(11)12-7/h1-4H. The Bertz CT molecular complexity index is 459.